The fourth-order valence-corrected chi connectivity index (χ4v) is 3.58. The van der Waals surface area contributed by atoms with Crippen LogP contribution in [0, 0.1) is 5.82 Å². The average Bonchev–Trinajstić information content (AvgIpc) is 2.80. The van der Waals surface area contributed by atoms with Crippen molar-refractivity contribution in [1.82, 2.24) is 10.2 Å². The third kappa shape index (κ3) is 6.50. The minimum absolute atomic E-state index is 0.00829. The first-order chi connectivity index (χ1) is 15.9. The number of carboxylic acid groups (broad SMARTS) is 1. The Morgan fingerprint density at radius 1 is 1.09 bits per heavy atom. The molecule has 1 saturated heterocycles. The fraction of sp³-hybridized carbons (Fsp3) is 0.348. The SMILES string of the molecule is COCCNC(=O)CN1CCN(c2ccc(C(=O)O)cc2NC(=O)c2ccccc2F)CC1. The number of amides is 2. The molecule has 10 heteroatoms. The van der Waals surface area contributed by atoms with E-state index in [1.54, 1.807) is 19.2 Å². The number of piperazine rings is 1. The third-order valence-corrected chi connectivity index (χ3v) is 5.32. The molecule has 176 valence electrons. The summed E-state index contributed by atoms with van der Waals surface area (Å²) < 4.78 is 19.0. The first-order valence-corrected chi connectivity index (χ1v) is 10.5. The van der Waals surface area contributed by atoms with Crippen LogP contribution in [0.15, 0.2) is 42.5 Å². The van der Waals surface area contributed by atoms with E-state index in [4.69, 9.17) is 4.74 Å². The molecule has 1 heterocycles. The number of anilines is 2. The summed E-state index contributed by atoms with van der Waals surface area (Å²) in [4.78, 5) is 40.1. The van der Waals surface area contributed by atoms with Crippen molar-refractivity contribution in [3.63, 3.8) is 0 Å². The van der Waals surface area contributed by atoms with E-state index in [0.29, 0.717) is 45.0 Å². The summed E-state index contributed by atoms with van der Waals surface area (Å²) in [5.41, 5.74) is 0.797. The Morgan fingerprint density at radius 3 is 2.48 bits per heavy atom. The van der Waals surface area contributed by atoms with E-state index in [9.17, 15) is 23.9 Å². The second kappa shape index (κ2) is 11.4. The zero-order chi connectivity index (χ0) is 23.8. The summed E-state index contributed by atoms with van der Waals surface area (Å²) in [5, 5.41) is 14.8. The number of rotatable bonds is 9. The number of hydrogen-bond acceptors (Lipinski definition) is 6. The van der Waals surface area contributed by atoms with Gasteiger partial charge in [0.1, 0.15) is 5.82 Å². The number of nitrogens with zero attached hydrogens (tertiary/aromatic N) is 2. The number of nitrogens with one attached hydrogen (secondary N) is 2. The van der Waals surface area contributed by atoms with Crippen molar-refractivity contribution in [1.29, 1.82) is 0 Å². The van der Waals surface area contributed by atoms with Gasteiger partial charge in [-0.1, -0.05) is 12.1 Å². The van der Waals surface area contributed by atoms with Gasteiger partial charge < -0.3 is 25.4 Å². The van der Waals surface area contributed by atoms with Crippen LogP contribution in [0.2, 0.25) is 0 Å². The highest BCUT2D eigenvalue weighted by Gasteiger charge is 2.23. The van der Waals surface area contributed by atoms with Crippen LogP contribution in [0.5, 0.6) is 0 Å². The van der Waals surface area contributed by atoms with E-state index in [1.165, 1.54) is 30.3 Å². The van der Waals surface area contributed by atoms with Crippen LogP contribution in [0.1, 0.15) is 20.7 Å². The van der Waals surface area contributed by atoms with Crippen LogP contribution < -0.4 is 15.5 Å². The predicted octanol–water partition coefficient (Wildman–Crippen LogP) is 1.66. The summed E-state index contributed by atoms with van der Waals surface area (Å²) in [7, 11) is 1.57. The molecule has 0 bridgehead atoms. The highest BCUT2D eigenvalue weighted by molar-refractivity contribution is 6.07. The van der Waals surface area contributed by atoms with Gasteiger partial charge in [-0.15, -0.1) is 0 Å². The van der Waals surface area contributed by atoms with Crippen molar-refractivity contribution in [3.05, 3.63) is 59.4 Å². The van der Waals surface area contributed by atoms with Crippen molar-refractivity contribution in [3.8, 4) is 0 Å². The molecule has 0 atom stereocenters. The maximum atomic E-state index is 14.0. The van der Waals surface area contributed by atoms with Crippen LogP contribution in [-0.4, -0.2) is 80.8 Å². The molecule has 1 fully saturated rings. The molecule has 0 saturated carbocycles. The average molecular weight is 458 g/mol. The number of carboxylic acids is 1. The molecule has 0 aromatic heterocycles. The van der Waals surface area contributed by atoms with Gasteiger partial charge in [-0.2, -0.15) is 0 Å². The van der Waals surface area contributed by atoms with E-state index >= 15 is 0 Å². The topological polar surface area (TPSA) is 111 Å². The van der Waals surface area contributed by atoms with E-state index in [1.807, 2.05) is 9.80 Å². The highest BCUT2D eigenvalue weighted by Crippen LogP contribution is 2.29. The lowest BCUT2D eigenvalue weighted by atomic mass is 10.1. The Kier molecular flexibility index (Phi) is 8.34. The number of hydrogen-bond donors (Lipinski definition) is 3. The van der Waals surface area contributed by atoms with Gasteiger partial charge >= 0.3 is 5.97 Å². The van der Waals surface area contributed by atoms with Gasteiger partial charge in [-0.05, 0) is 30.3 Å². The number of carbonyl (C=O) groups excluding carboxylic acids is 2. The molecule has 2 amide bonds. The van der Waals surface area contributed by atoms with Crippen LogP contribution in [0.4, 0.5) is 15.8 Å². The van der Waals surface area contributed by atoms with Gasteiger partial charge in [0.15, 0.2) is 0 Å². The first kappa shape index (κ1) is 24.1. The minimum Gasteiger partial charge on any atom is -0.478 e. The van der Waals surface area contributed by atoms with Crippen molar-refractivity contribution < 1.29 is 28.6 Å². The molecule has 0 unspecified atom stereocenters. The standard InChI is InChI=1S/C23H27FN4O5/c1-33-13-8-25-21(29)15-27-9-11-28(12-10-27)20-7-6-16(23(31)32)14-19(20)26-22(30)17-4-2-3-5-18(17)24/h2-7,14H,8-13,15H2,1H3,(H,25,29)(H,26,30)(H,31,32). The summed E-state index contributed by atoms with van der Waals surface area (Å²) in [6.07, 6.45) is 0. The van der Waals surface area contributed by atoms with Gasteiger partial charge in [0, 0.05) is 39.8 Å². The highest BCUT2D eigenvalue weighted by atomic mass is 19.1. The van der Waals surface area contributed by atoms with Crippen molar-refractivity contribution in [2.24, 2.45) is 0 Å². The number of aromatic carboxylic acids is 1. The van der Waals surface area contributed by atoms with Crippen molar-refractivity contribution >= 4 is 29.2 Å². The molecule has 2 aromatic rings. The first-order valence-electron chi connectivity index (χ1n) is 10.5. The minimum atomic E-state index is -1.13. The van der Waals surface area contributed by atoms with Crippen LogP contribution in [0.25, 0.3) is 0 Å². The number of halogens is 1. The van der Waals surface area contributed by atoms with E-state index in [-0.39, 0.29) is 29.3 Å². The lowest BCUT2D eigenvalue weighted by Gasteiger charge is -2.36. The maximum Gasteiger partial charge on any atom is 0.335 e. The van der Waals surface area contributed by atoms with Gasteiger partial charge in [-0.25, -0.2) is 9.18 Å². The summed E-state index contributed by atoms with van der Waals surface area (Å²) >= 11 is 0. The van der Waals surface area contributed by atoms with Crippen molar-refractivity contribution in [2.75, 3.05) is 63.2 Å². The Balaban J connectivity index is 1.70. The number of ether oxygens (including phenoxy) is 1. The Hall–Kier alpha value is -3.50. The summed E-state index contributed by atoms with van der Waals surface area (Å²) in [5.74, 6) is -2.54. The molecular weight excluding hydrogens is 431 g/mol. The molecule has 0 radical (unpaired) electrons. The zero-order valence-electron chi connectivity index (χ0n) is 18.3. The lowest BCUT2D eigenvalue weighted by molar-refractivity contribution is -0.122. The Morgan fingerprint density at radius 2 is 1.82 bits per heavy atom. The summed E-state index contributed by atoms with van der Waals surface area (Å²) in [6.45, 7) is 3.54. The van der Waals surface area contributed by atoms with Gasteiger partial charge in [0.05, 0.1) is 35.7 Å². The Bertz CT molecular complexity index is 1010. The lowest BCUT2D eigenvalue weighted by Crippen LogP contribution is -2.50. The third-order valence-electron chi connectivity index (χ3n) is 5.32. The van der Waals surface area contributed by atoms with E-state index in [0.717, 1.165) is 0 Å². The molecular formula is C23H27FN4O5. The second-order valence-corrected chi connectivity index (χ2v) is 7.58. The normalized spacial score (nSPS) is 14.1. The van der Waals surface area contributed by atoms with Crippen LogP contribution in [-0.2, 0) is 9.53 Å². The van der Waals surface area contributed by atoms with E-state index < -0.39 is 17.7 Å². The van der Waals surface area contributed by atoms with Gasteiger partial charge in [0.25, 0.3) is 5.91 Å². The molecule has 3 rings (SSSR count). The van der Waals surface area contributed by atoms with Crippen LogP contribution >= 0.6 is 0 Å². The fourth-order valence-electron chi connectivity index (χ4n) is 3.58. The number of carbonyl (C=O) groups is 3. The van der Waals surface area contributed by atoms with Crippen molar-refractivity contribution in [2.45, 2.75) is 0 Å². The molecule has 33 heavy (non-hydrogen) atoms. The zero-order valence-corrected chi connectivity index (χ0v) is 18.3. The smallest absolute Gasteiger partial charge is 0.335 e. The Labute approximate surface area is 191 Å². The molecule has 0 spiro atoms. The van der Waals surface area contributed by atoms with E-state index in [2.05, 4.69) is 10.6 Å². The van der Waals surface area contributed by atoms with Gasteiger partial charge in [-0.3, -0.25) is 14.5 Å². The molecule has 1 aliphatic heterocycles. The molecule has 1 aliphatic rings. The summed E-state index contributed by atoms with van der Waals surface area (Å²) in [6, 6.07) is 10.1. The predicted molar refractivity (Wildman–Crippen MR) is 121 cm³/mol. The van der Waals surface area contributed by atoms with Crippen LogP contribution in [0.3, 0.4) is 0 Å². The molecule has 3 N–H and O–H groups in total. The van der Waals surface area contributed by atoms with Gasteiger partial charge in [0.2, 0.25) is 5.91 Å². The molecule has 0 aliphatic carbocycles. The second-order valence-electron chi connectivity index (χ2n) is 7.58. The quantitative estimate of drug-likeness (QED) is 0.490. The molecule has 2 aromatic carbocycles. The number of methoxy groups -OCH3 is 1. The molecule has 9 nitrogen and oxygen atoms in total. The maximum absolute atomic E-state index is 14.0. The number of benzene rings is 2. The monoisotopic (exact) mass is 458 g/mol. The largest absolute Gasteiger partial charge is 0.478 e.